The molecule has 2 saturated heterocycles. The highest BCUT2D eigenvalue weighted by Gasteiger charge is 2.34. The van der Waals surface area contributed by atoms with Crippen molar-refractivity contribution in [2.75, 3.05) is 62.7 Å². The topological polar surface area (TPSA) is 83.1 Å². The summed E-state index contributed by atoms with van der Waals surface area (Å²) in [6.07, 6.45) is 6.31. The first kappa shape index (κ1) is 22.1. The minimum Gasteiger partial charge on any atom is -0.486 e. The maximum atomic E-state index is 11.7. The van der Waals surface area contributed by atoms with Crippen molar-refractivity contribution in [1.29, 1.82) is 0 Å². The molecule has 0 unspecified atom stereocenters. The number of aromatic nitrogens is 2. The van der Waals surface area contributed by atoms with E-state index in [9.17, 15) is 4.79 Å². The number of ether oxygens (including phenoxy) is 2. The third-order valence-electron chi connectivity index (χ3n) is 7.31. The third-order valence-corrected chi connectivity index (χ3v) is 7.31. The standard InChI is InChI=1S/C26H30N6O3/c1-2-24(33)32-14-20(15-32)30-7-5-18(6-8-30)19-3-4-23-22(13-19)29-25-21(16-35-23)26(28-17-27-25)31-9-11-34-12-10-31/h2-5,13,17,20H,1,6-12,14-16H2,(H,27,28,29). The van der Waals surface area contributed by atoms with Gasteiger partial charge in [-0.2, -0.15) is 0 Å². The maximum absolute atomic E-state index is 11.7. The van der Waals surface area contributed by atoms with Gasteiger partial charge in [0.15, 0.2) is 0 Å². The van der Waals surface area contributed by atoms with Crippen molar-refractivity contribution in [3.05, 3.63) is 54.4 Å². The molecule has 35 heavy (non-hydrogen) atoms. The molecule has 1 amide bonds. The van der Waals surface area contributed by atoms with Gasteiger partial charge in [-0.05, 0) is 35.8 Å². The van der Waals surface area contributed by atoms with E-state index >= 15 is 0 Å². The van der Waals surface area contributed by atoms with E-state index in [0.29, 0.717) is 25.9 Å². The van der Waals surface area contributed by atoms with Crippen LogP contribution in [0.3, 0.4) is 0 Å². The van der Waals surface area contributed by atoms with Crippen LogP contribution in [0.1, 0.15) is 17.5 Å². The summed E-state index contributed by atoms with van der Waals surface area (Å²) >= 11 is 0. The molecule has 182 valence electrons. The van der Waals surface area contributed by atoms with Crippen LogP contribution in [0.4, 0.5) is 17.3 Å². The molecule has 2 aromatic rings. The molecule has 2 fully saturated rings. The third kappa shape index (κ3) is 4.26. The van der Waals surface area contributed by atoms with Crippen LogP contribution in [0.15, 0.2) is 43.3 Å². The minimum atomic E-state index is 0.0260. The first-order valence-electron chi connectivity index (χ1n) is 12.2. The number of fused-ring (bicyclic) bond motifs is 2. The molecule has 5 heterocycles. The van der Waals surface area contributed by atoms with Crippen molar-refractivity contribution in [1.82, 2.24) is 19.8 Å². The normalized spacial score (nSPS) is 20.4. The molecule has 0 saturated carbocycles. The predicted molar refractivity (Wildman–Crippen MR) is 134 cm³/mol. The van der Waals surface area contributed by atoms with Crippen molar-refractivity contribution in [2.45, 2.75) is 19.1 Å². The van der Waals surface area contributed by atoms with E-state index in [0.717, 1.165) is 74.3 Å². The molecular formula is C26H30N6O3. The molecule has 0 spiro atoms. The number of carbonyl (C=O) groups excluding carboxylic acids is 1. The number of likely N-dealkylation sites (tertiary alicyclic amines) is 1. The van der Waals surface area contributed by atoms with Gasteiger partial charge in [0.2, 0.25) is 5.91 Å². The molecule has 0 radical (unpaired) electrons. The summed E-state index contributed by atoms with van der Waals surface area (Å²) in [7, 11) is 0. The molecule has 0 bridgehead atoms. The van der Waals surface area contributed by atoms with Crippen LogP contribution in [0.2, 0.25) is 0 Å². The van der Waals surface area contributed by atoms with E-state index in [4.69, 9.17) is 9.47 Å². The molecule has 9 nitrogen and oxygen atoms in total. The maximum Gasteiger partial charge on any atom is 0.246 e. The second-order valence-corrected chi connectivity index (χ2v) is 9.32. The van der Waals surface area contributed by atoms with Gasteiger partial charge in [0.05, 0.1) is 24.5 Å². The molecule has 1 aromatic carbocycles. The van der Waals surface area contributed by atoms with E-state index in [-0.39, 0.29) is 5.91 Å². The Morgan fingerprint density at radius 3 is 2.80 bits per heavy atom. The number of nitrogens with zero attached hydrogens (tertiary/aromatic N) is 5. The second-order valence-electron chi connectivity index (χ2n) is 9.32. The number of rotatable bonds is 4. The number of anilines is 3. The summed E-state index contributed by atoms with van der Waals surface area (Å²) in [4.78, 5) is 27.4. The number of morpholine rings is 1. The molecule has 1 aromatic heterocycles. The zero-order chi connectivity index (χ0) is 23.8. The lowest BCUT2D eigenvalue weighted by Gasteiger charge is -2.46. The summed E-state index contributed by atoms with van der Waals surface area (Å²) in [5.74, 6) is 2.56. The Labute approximate surface area is 205 Å². The molecule has 9 heteroatoms. The van der Waals surface area contributed by atoms with E-state index in [1.807, 2.05) is 11.0 Å². The fourth-order valence-electron chi connectivity index (χ4n) is 5.20. The predicted octanol–water partition coefficient (Wildman–Crippen LogP) is 2.44. The lowest BCUT2D eigenvalue weighted by molar-refractivity contribution is -0.133. The van der Waals surface area contributed by atoms with Gasteiger partial charge in [-0.15, -0.1) is 0 Å². The number of carbonyl (C=O) groups is 1. The summed E-state index contributed by atoms with van der Waals surface area (Å²) in [6, 6.07) is 6.79. The molecule has 0 aliphatic carbocycles. The van der Waals surface area contributed by atoms with E-state index < -0.39 is 0 Å². The highest BCUT2D eigenvalue weighted by molar-refractivity contribution is 5.87. The van der Waals surface area contributed by atoms with Crippen LogP contribution < -0.4 is 15.0 Å². The van der Waals surface area contributed by atoms with Crippen LogP contribution in [0.5, 0.6) is 5.75 Å². The van der Waals surface area contributed by atoms with Crippen LogP contribution in [-0.2, 0) is 16.1 Å². The molecule has 4 aliphatic heterocycles. The first-order chi connectivity index (χ1) is 17.2. The van der Waals surface area contributed by atoms with Gasteiger partial charge in [-0.1, -0.05) is 18.7 Å². The molecule has 0 atom stereocenters. The van der Waals surface area contributed by atoms with Crippen molar-refractivity contribution in [3.63, 3.8) is 0 Å². The second kappa shape index (κ2) is 9.31. The SMILES string of the molecule is C=CC(=O)N1CC(N2CC=C(c3ccc4c(c3)Nc3ncnc(N5CCOCC5)c3CO4)CC2)C1. The minimum absolute atomic E-state index is 0.0260. The average Bonchev–Trinajstić information content (AvgIpc) is 3.07. The molecular weight excluding hydrogens is 444 g/mol. The van der Waals surface area contributed by atoms with Gasteiger partial charge in [-0.3, -0.25) is 9.69 Å². The Balaban J connectivity index is 1.17. The number of benzene rings is 1. The van der Waals surface area contributed by atoms with Crippen molar-refractivity contribution < 1.29 is 14.3 Å². The van der Waals surface area contributed by atoms with E-state index in [2.05, 4.69) is 49.9 Å². The van der Waals surface area contributed by atoms with Gasteiger partial charge in [0, 0.05) is 45.3 Å². The monoisotopic (exact) mass is 474 g/mol. The number of nitrogens with one attached hydrogen (secondary N) is 1. The Kier molecular flexibility index (Phi) is 5.87. The van der Waals surface area contributed by atoms with Gasteiger partial charge >= 0.3 is 0 Å². The number of amides is 1. The molecule has 1 N–H and O–H groups in total. The van der Waals surface area contributed by atoms with E-state index in [1.165, 1.54) is 17.2 Å². The van der Waals surface area contributed by atoms with Gasteiger partial charge in [0.1, 0.15) is 30.3 Å². The van der Waals surface area contributed by atoms with Crippen molar-refractivity contribution >= 4 is 28.8 Å². The Bertz CT molecular complexity index is 1170. The number of hydrogen-bond acceptors (Lipinski definition) is 8. The highest BCUT2D eigenvalue weighted by atomic mass is 16.5. The van der Waals surface area contributed by atoms with E-state index in [1.54, 1.807) is 6.33 Å². The quantitative estimate of drug-likeness (QED) is 0.677. The average molecular weight is 475 g/mol. The lowest BCUT2D eigenvalue weighted by atomic mass is 9.96. The first-order valence-corrected chi connectivity index (χ1v) is 12.2. The van der Waals surface area contributed by atoms with Crippen LogP contribution in [0, 0.1) is 0 Å². The zero-order valence-electron chi connectivity index (χ0n) is 19.8. The van der Waals surface area contributed by atoms with Crippen LogP contribution in [0.25, 0.3) is 5.57 Å². The Morgan fingerprint density at radius 1 is 1.17 bits per heavy atom. The zero-order valence-corrected chi connectivity index (χ0v) is 19.8. The Morgan fingerprint density at radius 2 is 2.03 bits per heavy atom. The summed E-state index contributed by atoms with van der Waals surface area (Å²) in [5.41, 5.74) is 4.44. The molecule has 6 rings (SSSR count). The smallest absolute Gasteiger partial charge is 0.246 e. The van der Waals surface area contributed by atoms with Gasteiger partial charge < -0.3 is 24.6 Å². The molecule has 4 aliphatic rings. The highest BCUT2D eigenvalue weighted by Crippen LogP contribution is 2.38. The van der Waals surface area contributed by atoms with Crippen molar-refractivity contribution in [2.24, 2.45) is 0 Å². The summed E-state index contributed by atoms with van der Waals surface area (Å²) in [6.45, 7) is 10.5. The lowest BCUT2D eigenvalue weighted by Crippen LogP contribution is -2.61. The largest absolute Gasteiger partial charge is 0.486 e. The fraction of sp³-hybridized carbons (Fsp3) is 0.423. The van der Waals surface area contributed by atoms with Crippen LogP contribution in [-0.4, -0.2) is 84.2 Å². The Hall–Kier alpha value is -3.43. The van der Waals surface area contributed by atoms with Gasteiger partial charge in [0.25, 0.3) is 0 Å². The number of hydrogen-bond donors (Lipinski definition) is 1. The summed E-state index contributed by atoms with van der Waals surface area (Å²) < 4.78 is 11.7. The van der Waals surface area contributed by atoms with Crippen molar-refractivity contribution in [3.8, 4) is 5.75 Å². The van der Waals surface area contributed by atoms with Crippen LogP contribution >= 0.6 is 0 Å². The fourth-order valence-corrected chi connectivity index (χ4v) is 5.20. The van der Waals surface area contributed by atoms with Gasteiger partial charge in [-0.25, -0.2) is 9.97 Å². The summed E-state index contributed by atoms with van der Waals surface area (Å²) in [5, 5.41) is 3.51.